The molecular formula is C19H24ClN5O. The van der Waals surface area contributed by atoms with Crippen LogP contribution in [0.25, 0.3) is 11.4 Å². The quantitative estimate of drug-likeness (QED) is 0.811. The summed E-state index contributed by atoms with van der Waals surface area (Å²) in [5, 5.41) is 0.694. The Morgan fingerprint density at radius 2 is 1.65 bits per heavy atom. The Bertz CT molecular complexity index is 798. The van der Waals surface area contributed by atoms with Gasteiger partial charge in [-0.3, -0.25) is 0 Å². The summed E-state index contributed by atoms with van der Waals surface area (Å²) in [5.41, 5.74) is 2.99. The molecule has 1 aromatic carbocycles. The van der Waals surface area contributed by atoms with Crippen molar-refractivity contribution in [2.75, 3.05) is 45.2 Å². The lowest BCUT2D eigenvalue weighted by molar-refractivity contribution is 0.168. The molecule has 0 radical (unpaired) electrons. The van der Waals surface area contributed by atoms with Crippen molar-refractivity contribution in [2.24, 2.45) is 0 Å². The number of nitrogens with zero attached hydrogens (tertiary/aromatic N) is 5. The summed E-state index contributed by atoms with van der Waals surface area (Å²) in [4.78, 5) is 27.3. The molecule has 0 atom stereocenters. The average molecular weight is 374 g/mol. The lowest BCUT2D eigenvalue weighted by Gasteiger charge is -2.37. The highest BCUT2D eigenvalue weighted by Crippen LogP contribution is 2.26. The van der Waals surface area contributed by atoms with Gasteiger partial charge in [0.25, 0.3) is 0 Å². The Labute approximate surface area is 159 Å². The summed E-state index contributed by atoms with van der Waals surface area (Å²) in [6, 6.07) is 7.62. The lowest BCUT2D eigenvalue weighted by atomic mass is 10.1. The molecule has 6 nitrogen and oxygen atoms in total. The van der Waals surface area contributed by atoms with Gasteiger partial charge in [-0.05, 0) is 38.1 Å². The van der Waals surface area contributed by atoms with Gasteiger partial charge in [0.15, 0.2) is 5.82 Å². The molecular weight excluding hydrogens is 350 g/mol. The fourth-order valence-corrected chi connectivity index (χ4v) is 3.17. The van der Waals surface area contributed by atoms with Crippen molar-refractivity contribution in [3.05, 3.63) is 40.5 Å². The fraction of sp³-hybridized carbons (Fsp3) is 0.421. The lowest BCUT2D eigenvalue weighted by Crippen LogP contribution is -2.51. The van der Waals surface area contributed by atoms with Crippen molar-refractivity contribution in [3.8, 4) is 11.4 Å². The second kappa shape index (κ2) is 7.50. The molecule has 0 N–H and O–H groups in total. The molecule has 1 aliphatic rings. The molecule has 7 heteroatoms. The summed E-state index contributed by atoms with van der Waals surface area (Å²) < 4.78 is 0. The topological polar surface area (TPSA) is 52.6 Å². The second-order valence-electron chi connectivity index (χ2n) is 6.74. The van der Waals surface area contributed by atoms with E-state index in [2.05, 4.69) is 9.88 Å². The normalized spacial score (nSPS) is 14.5. The zero-order chi connectivity index (χ0) is 18.8. The van der Waals surface area contributed by atoms with Crippen LogP contribution in [0.4, 0.5) is 10.6 Å². The highest BCUT2D eigenvalue weighted by Gasteiger charge is 2.24. The SMILES string of the molecule is Cc1nc(-c2ccc(Cl)cc2)nc(N2CCN(C(=O)N(C)C)CC2)c1C. The van der Waals surface area contributed by atoms with Gasteiger partial charge in [-0.2, -0.15) is 0 Å². The first-order valence-electron chi connectivity index (χ1n) is 8.69. The predicted octanol–water partition coefficient (Wildman–Crippen LogP) is 3.22. The minimum absolute atomic E-state index is 0.0575. The largest absolute Gasteiger partial charge is 0.353 e. The first kappa shape index (κ1) is 18.5. The number of aryl methyl sites for hydroxylation is 1. The Morgan fingerprint density at radius 1 is 1.04 bits per heavy atom. The summed E-state index contributed by atoms with van der Waals surface area (Å²) in [5.74, 6) is 1.64. The van der Waals surface area contributed by atoms with Crippen molar-refractivity contribution >= 4 is 23.4 Å². The molecule has 2 amide bonds. The molecule has 138 valence electrons. The number of hydrogen-bond acceptors (Lipinski definition) is 4. The van der Waals surface area contributed by atoms with E-state index in [-0.39, 0.29) is 6.03 Å². The van der Waals surface area contributed by atoms with Gasteiger partial charge in [-0.15, -0.1) is 0 Å². The number of carbonyl (C=O) groups is 1. The number of hydrogen-bond donors (Lipinski definition) is 0. The molecule has 0 spiro atoms. The third-order valence-electron chi connectivity index (χ3n) is 4.70. The molecule has 0 saturated carbocycles. The van der Waals surface area contributed by atoms with Crippen LogP contribution >= 0.6 is 11.6 Å². The highest BCUT2D eigenvalue weighted by molar-refractivity contribution is 6.30. The number of amides is 2. The molecule has 0 aliphatic carbocycles. The Kier molecular flexibility index (Phi) is 5.32. The van der Waals surface area contributed by atoms with Crippen LogP contribution in [-0.2, 0) is 0 Å². The zero-order valence-corrected chi connectivity index (χ0v) is 16.4. The Balaban J connectivity index is 1.84. The molecule has 3 rings (SSSR count). The van der Waals surface area contributed by atoms with Gasteiger partial charge < -0.3 is 14.7 Å². The van der Waals surface area contributed by atoms with Gasteiger partial charge >= 0.3 is 6.03 Å². The van der Waals surface area contributed by atoms with Crippen LogP contribution < -0.4 is 4.90 Å². The standard InChI is InChI=1S/C19H24ClN5O/c1-13-14(2)21-17(15-5-7-16(20)8-6-15)22-18(13)24-9-11-25(12-10-24)19(26)23(3)4/h5-8H,9-12H2,1-4H3. The number of rotatable bonds is 2. The number of halogens is 1. The van der Waals surface area contributed by atoms with E-state index in [0.717, 1.165) is 35.7 Å². The third kappa shape index (κ3) is 3.75. The van der Waals surface area contributed by atoms with Gasteiger partial charge in [-0.1, -0.05) is 11.6 Å². The van der Waals surface area contributed by atoms with E-state index in [1.807, 2.05) is 43.0 Å². The summed E-state index contributed by atoms with van der Waals surface area (Å²) in [7, 11) is 3.57. The summed E-state index contributed by atoms with van der Waals surface area (Å²) in [6.45, 7) is 6.96. The number of benzene rings is 1. The van der Waals surface area contributed by atoms with E-state index in [1.54, 1.807) is 19.0 Å². The first-order valence-corrected chi connectivity index (χ1v) is 9.07. The van der Waals surface area contributed by atoms with Gasteiger partial charge in [0.05, 0.1) is 0 Å². The van der Waals surface area contributed by atoms with Crippen molar-refractivity contribution in [1.82, 2.24) is 19.8 Å². The van der Waals surface area contributed by atoms with E-state index in [0.29, 0.717) is 23.9 Å². The van der Waals surface area contributed by atoms with Crippen LogP contribution in [-0.4, -0.2) is 66.1 Å². The fourth-order valence-electron chi connectivity index (χ4n) is 3.04. The highest BCUT2D eigenvalue weighted by atomic mass is 35.5. The number of aromatic nitrogens is 2. The maximum atomic E-state index is 12.1. The van der Waals surface area contributed by atoms with Crippen LogP contribution in [0.2, 0.25) is 5.02 Å². The monoisotopic (exact) mass is 373 g/mol. The van der Waals surface area contributed by atoms with E-state index >= 15 is 0 Å². The maximum Gasteiger partial charge on any atom is 0.319 e. The molecule has 2 heterocycles. The van der Waals surface area contributed by atoms with Crippen molar-refractivity contribution in [1.29, 1.82) is 0 Å². The minimum Gasteiger partial charge on any atom is -0.353 e. The molecule has 2 aromatic rings. The number of anilines is 1. The molecule has 1 aliphatic heterocycles. The van der Waals surface area contributed by atoms with E-state index in [4.69, 9.17) is 16.6 Å². The van der Waals surface area contributed by atoms with Crippen molar-refractivity contribution < 1.29 is 4.79 Å². The number of piperazine rings is 1. The van der Waals surface area contributed by atoms with Crippen LogP contribution in [0.15, 0.2) is 24.3 Å². The van der Waals surface area contributed by atoms with Gasteiger partial charge in [0, 0.05) is 62.1 Å². The molecule has 0 unspecified atom stereocenters. The van der Waals surface area contributed by atoms with Crippen molar-refractivity contribution in [2.45, 2.75) is 13.8 Å². The van der Waals surface area contributed by atoms with E-state index < -0.39 is 0 Å². The smallest absolute Gasteiger partial charge is 0.319 e. The molecule has 1 fully saturated rings. The summed E-state index contributed by atoms with van der Waals surface area (Å²) in [6.07, 6.45) is 0. The minimum atomic E-state index is 0.0575. The average Bonchev–Trinajstić information content (AvgIpc) is 2.64. The second-order valence-corrected chi connectivity index (χ2v) is 7.18. The zero-order valence-electron chi connectivity index (χ0n) is 15.7. The van der Waals surface area contributed by atoms with Crippen LogP contribution in [0, 0.1) is 13.8 Å². The van der Waals surface area contributed by atoms with Crippen molar-refractivity contribution in [3.63, 3.8) is 0 Å². The molecule has 1 aromatic heterocycles. The van der Waals surface area contributed by atoms with E-state index in [1.165, 1.54) is 0 Å². The number of urea groups is 1. The number of carbonyl (C=O) groups excluding carboxylic acids is 1. The van der Waals surface area contributed by atoms with Gasteiger partial charge in [-0.25, -0.2) is 14.8 Å². The summed E-state index contributed by atoms with van der Waals surface area (Å²) >= 11 is 5.99. The third-order valence-corrected chi connectivity index (χ3v) is 4.95. The first-order chi connectivity index (χ1) is 12.4. The maximum absolute atomic E-state index is 12.1. The predicted molar refractivity (Wildman–Crippen MR) is 105 cm³/mol. The van der Waals surface area contributed by atoms with Crippen LogP contribution in [0.1, 0.15) is 11.3 Å². The molecule has 26 heavy (non-hydrogen) atoms. The molecule has 0 bridgehead atoms. The van der Waals surface area contributed by atoms with E-state index in [9.17, 15) is 4.79 Å². The Hall–Kier alpha value is -2.34. The Morgan fingerprint density at radius 3 is 2.23 bits per heavy atom. The molecule has 1 saturated heterocycles. The van der Waals surface area contributed by atoms with Gasteiger partial charge in [0.1, 0.15) is 5.82 Å². The van der Waals surface area contributed by atoms with Crippen LogP contribution in [0.3, 0.4) is 0 Å². The van der Waals surface area contributed by atoms with Gasteiger partial charge in [0.2, 0.25) is 0 Å². The van der Waals surface area contributed by atoms with Crippen LogP contribution in [0.5, 0.6) is 0 Å².